The molecule has 2 aromatic rings. The van der Waals surface area contributed by atoms with E-state index in [2.05, 4.69) is 29.4 Å². The van der Waals surface area contributed by atoms with Crippen LogP contribution in [0.15, 0.2) is 59.6 Å². The molecule has 5 nitrogen and oxygen atoms in total. The molecule has 4 atom stereocenters. The Morgan fingerprint density at radius 2 is 1.96 bits per heavy atom. The number of anilines is 1. The molecule has 2 N–H and O–H groups in total. The average molecular weight is 370 g/mol. The van der Waals surface area contributed by atoms with Crippen molar-refractivity contribution in [3.63, 3.8) is 0 Å². The van der Waals surface area contributed by atoms with Crippen LogP contribution in [0.3, 0.4) is 0 Å². The molecular formula is C20H22N2O3S. The van der Waals surface area contributed by atoms with E-state index in [-0.39, 0.29) is 11.3 Å². The maximum absolute atomic E-state index is 10.7. The number of benzene rings is 2. The van der Waals surface area contributed by atoms with E-state index in [1.165, 1.54) is 5.56 Å². The van der Waals surface area contributed by atoms with Gasteiger partial charge in [-0.2, -0.15) is 0 Å². The topological polar surface area (TPSA) is 63.1 Å². The van der Waals surface area contributed by atoms with E-state index in [1.807, 2.05) is 42.5 Å². The monoisotopic (exact) mass is 370 g/mol. The molecule has 2 aliphatic heterocycles. The predicted molar refractivity (Wildman–Crippen MR) is 104 cm³/mol. The van der Waals surface area contributed by atoms with Gasteiger partial charge in [-0.25, -0.2) is 0 Å². The van der Waals surface area contributed by atoms with Crippen molar-refractivity contribution in [2.24, 2.45) is 4.99 Å². The first kappa shape index (κ1) is 17.5. The molecule has 0 aromatic heterocycles. The van der Waals surface area contributed by atoms with Gasteiger partial charge in [-0.15, -0.1) is 0 Å². The third-order valence-corrected chi connectivity index (χ3v) is 5.81. The molecule has 1 fully saturated rings. The minimum Gasteiger partial charge on any atom is -0.387 e. The maximum atomic E-state index is 10.7. The molecular weight excluding hydrogens is 348 g/mol. The van der Waals surface area contributed by atoms with Gasteiger partial charge >= 0.3 is 0 Å². The number of hydrogen-bond donors (Lipinski definition) is 2. The summed E-state index contributed by atoms with van der Waals surface area (Å²) in [4.78, 5) is 4.66. The molecule has 2 heterocycles. The largest absolute Gasteiger partial charge is 0.387 e. The molecule has 0 radical (unpaired) electrons. The van der Waals surface area contributed by atoms with E-state index in [0.717, 1.165) is 16.4 Å². The number of fused-ring (bicyclic) bond motifs is 1. The van der Waals surface area contributed by atoms with Crippen molar-refractivity contribution in [2.75, 3.05) is 11.9 Å². The Hall–Kier alpha value is -1.86. The number of aliphatic hydroxyl groups is 1. The lowest BCUT2D eigenvalue weighted by molar-refractivity contribution is -0.220. The number of nitrogens with one attached hydrogen (secondary N) is 1. The average Bonchev–Trinajstić information content (AvgIpc) is 3.07. The first-order chi connectivity index (χ1) is 12.7. The fourth-order valence-electron chi connectivity index (χ4n) is 3.06. The summed E-state index contributed by atoms with van der Waals surface area (Å²) < 4.78 is 11.5. The lowest BCUT2D eigenvalue weighted by Crippen LogP contribution is -2.50. The number of aliphatic imine (C=N–C) groups is 1. The molecule has 0 bridgehead atoms. The van der Waals surface area contributed by atoms with E-state index >= 15 is 0 Å². The zero-order valence-corrected chi connectivity index (χ0v) is 15.4. The lowest BCUT2D eigenvalue weighted by atomic mass is 10.1. The highest BCUT2D eigenvalue weighted by molar-refractivity contribution is 8.15. The number of amidine groups is 1. The molecule has 2 aromatic carbocycles. The van der Waals surface area contributed by atoms with Crippen molar-refractivity contribution in [1.29, 1.82) is 0 Å². The van der Waals surface area contributed by atoms with Gasteiger partial charge in [0.05, 0.1) is 24.5 Å². The van der Waals surface area contributed by atoms with Gasteiger partial charge in [0.1, 0.15) is 6.10 Å². The molecule has 4 rings (SSSR count). The summed E-state index contributed by atoms with van der Waals surface area (Å²) in [5, 5.41) is 14.7. The predicted octanol–water partition coefficient (Wildman–Crippen LogP) is 3.18. The second-order valence-corrected chi connectivity index (χ2v) is 7.73. The van der Waals surface area contributed by atoms with E-state index < -0.39 is 12.4 Å². The Bertz CT molecular complexity index is 766. The van der Waals surface area contributed by atoms with Gasteiger partial charge in [-0.1, -0.05) is 59.8 Å². The smallest absolute Gasteiger partial charge is 0.185 e. The summed E-state index contributed by atoms with van der Waals surface area (Å²) >= 11 is 1.56. The van der Waals surface area contributed by atoms with Gasteiger partial charge in [0, 0.05) is 5.69 Å². The Labute approximate surface area is 157 Å². The second-order valence-electron chi connectivity index (χ2n) is 6.56. The third-order valence-electron chi connectivity index (χ3n) is 4.52. The molecule has 2 aliphatic rings. The van der Waals surface area contributed by atoms with Crippen LogP contribution >= 0.6 is 11.8 Å². The summed E-state index contributed by atoms with van der Waals surface area (Å²) in [7, 11) is 0. The zero-order valence-electron chi connectivity index (χ0n) is 14.5. The van der Waals surface area contributed by atoms with Crippen LogP contribution in [-0.4, -0.2) is 40.6 Å². The number of aliphatic hydroxyl groups excluding tert-OH is 1. The normalized spacial score (nSPS) is 27.7. The van der Waals surface area contributed by atoms with Gasteiger partial charge in [-0.3, -0.25) is 4.99 Å². The van der Waals surface area contributed by atoms with E-state index in [0.29, 0.717) is 13.2 Å². The number of hydrogen-bond acceptors (Lipinski definition) is 6. The van der Waals surface area contributed by atoms with Crippen molar-refractivity contribution >= 4 is 22.6 Å². The molecule has 0 spiro atoms. The van der Waals surface area contributed by atoms with Crippen LogP contribution in [0.5, 0.6) is 0 Å². The van der Waals surface area contributed by atoms with Crippen LogP contribution in [0.4, 0.5) is 5.69 Å². The fourth-order valence-corrected chi connectivity index (χ4v) is 4.25. The van der Waals surface area contributed by atoms with Crippen LogP contribution in [0.1, 0.15) is 11.1 Å². The Morgan fingerprint density at radius 3 is 2.73 bits per heavy atom. The standard InChI is InChI=1S/C20H22N2O3S/c1-13-7-9-15(10-8-13)21-20-22-16-12-25-19(17(23)18(16)26-20)24-11-14-5-3-2-4-6-14/h2-10,16-19,23H,11-12H2,1H3,(H,21,22)/t16-,17+,18-,19-/m1/s1. The summed E-state index contributed by atoms with van der Waals surface area (Å²) in [5.41, 5.74) is 3.27. The number of thioether (sulfide) groups is 1. The molecule has 1 saturated heterocycles. The van der Waals surface area contributed by atoms with E-state index in [4.69, 9.17) is 9.47 Å². The van der Waals surface area contributed by atoms with Crippen molar-refractivity contribution < 1.29 is 14.6 Å². The lowest BCUT2D eigenvalue weighted by Gasteiger charge is -2.34. The summed E-state index contributed by atoms with van der Waals surface area (Å²) in [5.74, 6) is 0. The van der Waals surface area contributed by atoms with Gasteiger partial charge in [-0.05, 0) is 24.6 Å². The van der Waals surface area contributed by atoms with Crippen molar-refractivity contribution in [3.05, 3.63) is 65.7 Å². The molecule has 26 heavy (non-hydrogen) atoms. The molecule has 0 amide bonds. The minimum absolute atomic E-state index is 0.0560. The van der Waals surface area contributed by atoms with Crippen LogP contribution in [0.25, 0.3) is 0 Å². The third kappa shape index (κ3) is 3.94. The van der Waals surface area contributed by atoms with E-state index in [9.17, 15) is 5.11 Å². The highest BCUT2D eigenvalue weighted by Crippen LogP contribution is 2.35. The second kappa shape index (κ2) is 7.80. The molecule has 6 heteroatoms. The Balaban J connectivity index is 1.34. The highest BCUT2D eigenvalue weighted by Gasteiger charge is 2.44. The SMILES string of the molecule is Cc1ccc(NC2=N[C@@H]3CO[C@@H](OCc4ccccc4)[C@@H](O)[C@@H]3S2)cc1. The molecule has 0 unspecified atom stereocenters. The van der Waals surface area contributed by atoms with Crippen LogP contribution < -0.4 is 5.32 Å². The van der Waals surface area contributed by atoms with Gasteiger partial charge in [0.2, 0.25) is 0 Å². The summed E-state index contributed by atoms with van der Waals surface area (Å²) in [6, 6.07) is 18.0. The van der Waals surface area contributed by atoms with Crippen molar-refractivity contribution in [2.45, 2.75) is 37.2 Å². The summed E-state index contributed by atoms with van der Waals surface area (Å²) in [6.07, 6.45) is -1.35. The highest BCUT2D eigenvalue weighted by atomic mass is 32.2. The number of aryl methyl sites for hydroxylation is 1. The zero-order chi connectivity index (χ0) is 17.9. The summed E-state index contributed by atoms with van der Waals surface area (Å²) in [6.45, 7) is 2.93. The molecule has 0 saturated carbocycles. The number of rotatable bonds is 4. The van der Waals surface area contributed by atoms with Gasteiger partial charge in [0.25, 0.3) is 0 Å². The molecule has 0 aliphatic carbocycles. The Morgan fingerprint density at radius 1 is 1.19 bits per heavy atom. The van der Waals surface area contributed by atoms with Gasteiger partial charge in [0.15, 0.2) is 11.5 Å². The number of ether oxygens (including phenoxy) is 2. The Kier molecular flexibility index (Phi) is 5.26. The van der Waals surface area contributed by atoms with Crippen molar-refractivity contribution in [1.82, 2.24) is 0 Å². The maximum Gasteiger partial charge on any atom is 0.185 e. The van der Waals surface area contributed by atoms with Gasteiger partial charge < -0.3 is 19.9 Å². The molecule has 136 valence electrons. The van der Waals surface area contributed by atoms with Crippen LogP contribution in [0, 0.1) is 6.92 Å². The number of nitrogens with zero attached hydrogens (tertiary/aromatic N) is 1. The van der Waals surface area contributed by atoms with Crippen molar-refractivity contribution in [3.8, 4) is 0 Å². The van der Waals surface area contributed by atoms with Crippen LogP contribution in [0.2, 0.25) is 0 Å². The van der Waals surface area contributed by atoms with E-state index in [1.54, 1.807) is 11.8 Å². The first-order valence-electron chi connectivity index (χ1n) is 8.72. The minimum atomic E-state index is -0.719. The van der Waals surface area contributed by atoms with Crippen LogP contribution in [-0.2, 0) is 16.1 Å². The fraction of sp³-hybridized carbons (Fsp3) is 0.350. The first-order valence-corrected chi connectivity index (χ1v) is 9.60. The quantitative estimate of drug-likeness (QED) is 0.865.